The summed E-state index contributed by atoms with van der Waals surface area (Å²) in [4.78, 5) is 22.1. The van der Waals surface area contributed by atoms with Crippen LogP contribution in [0, 0.1) is 10.1 Å². The van der Waals surface area contributed by atoms with Gasteiger partial charge in [-0.1, -0.05) is 23.2 Å². The van der Waals surface area contributed by atoms with Gasteiger partial charge in [-0.3, -0.25) is 19.6 Å². The molecule has 0 radical (unpaired) electrons. The highest BCUT2D eigenvalue weighted by Gasteiger charge is 2.29. The Balaban J connectivity index is 2.29. The fourth-order valence-corrected chi connectivity index (χ4v) is 2.49. The fourth-order valence-electron chi connectivity index (χ4n) is 2.03. The summed E-state index contributed by atoms with van der Waals surface area (Å²) >= 11 is 11.1. The number of hydrogen-bond acceptors (Lipinski definition) is 4. The Labute approximate surface area is 152 Å². The van der Waals surface area contributed by atoms with Gasteiger partial charge < -0.3 is 5.32 Å². The number of nitro benzene ring substituents is 1. The molecule has 1 aromatic heterocycles. The smallest absolute Gasteiger partial charge is 0.294 e. The number of carbonyl (C=O) groups excluding carboxylic acids is 1. The number of aromatic nitrogens is 2. The summed E-state index contributed by atoms with van der Waals surface area (Å²) in [5, 5.41) is 15.4. The van der Waals surface area contributed by atoms with Gasteiger partial charge in [-0.2, -0.15) is 5.10 Å². The molecule has 2 aromatic rings. The van der Waals surface area contributed by atoms with Crippen molar-refractivity contribution in [3.05, 3.63) is 49.7 Å². The summed E-state index contributed by atoms with van der Waals surface area (Å²) in [6.45, 7) is -0.911. The van der Waals surface area contributed by atoms with Gasteiger partial charge in [0, 0.05) is 11.1 Å². The monoisotopic (exact) mass is 414 g/mol. The number of hydrogen-bond donors (Lipinski definition) is 1. The van der Waals surface area contributed by atoms with Gasteiger partial charge in [-0.25, -0.2) is 17.6 Å². The van der Waals surface area contributed by atoms with Crippen LogP contribution in [0.1, 0.15) is 24.2 Å². The number of nitrogens with one attached hydrogen (secondary N) is 1. The van der Waals surface area contributed by atoms with Gasteiger partial charge in [0.25, 0.3) is 18.5 Å². The molecule has 0 unspecified atom stereocenters. The first-order valence-corrected chi connectivity index (χ1v) is 7.43. The van der Waals surface area contributed by atoms with Crippen molar-refractivity contribution in [3.63, 3.8) is 0 Å². The zero-order chi connectivity index (χ0) is 19.6. The van der Waals surface area contributed by atoms with Crippen molar-refractivity contribution in [1.29, 1.82) is 0 Å². The molecule has 2 rings (SSSR count). The highest BCUT2D eigenvalue weighted by molar-refractivity contribution is 6.32. The van der Waals surface area contributed by atoms with Crippen LogP contribution in [-0.2, 0) is 11.3 Å². The van der Waals surface area contributed by atoms with E-state index in [4.69, 9.17) is 23.2 Å². The number of benzene rings is 1. The van der Waals surface area contributed by atoms with E-state index in [1.165, 1.54) is 6.07 Å². The summed E-state index contributed by atoms with van der Waals surface area (Å²) in [7, 11) is 0. The van der Waals surface area contributed by atoms with Crippen LogP contribution < -0.4 is 5.32 Å². The molecule has 140 valence electrons. The van der Waals surface area contributed by atoms with Gasteiger partial charge in [-0.05, 0) is 12.1 Å². The number of anilines is 1. The van der Waals surface area contributed by atoms with E-state index >= 15 is 0 Å². The van der Waals surface area contributed by atoms with Crippen LogP contribution in [0.3, 0.4) is 0 Å². The van der Waals surface area contributed by atoms with E-state index in [-0.39, 0.29) is 10.7 Å². The maximum atomic E-state index is 13.0. The molecule has 0 atom stereocenters. The Kier molecular flexibility index (Phi) is 6.03. The van der Waals surface area contributed by atoms with E-state index in [1.54, 1.807) is 0 Å². The number of halogens is 6. The number of carbonyl (C=O) groups is 1. The third kappa shape index (κ3) is 4.22. The van der Waals surface area contributed by atoms with Gasteiger partial charge in [-0.15, -0.1) is 0 Å². The van der Waals surface area contributed by atoms with Crippen LogP contribution in [0.2, 0.25) is 10.0 Å². The summed E-state index contributed by atoms with van der Waals surface area (Å²) in [5.41, 5.74) is -2.93. The normalized spacial score (nSPS) is 11.2. The Morgan fingerprint density at radius 1 is 1.27 bits per heavy atom. The average molecular weight is 415 g/mol. The topological polar surface area (TPSA) is 90.1 Å². The first-order valence-electron chi connectivity index (χ1n) is 6.68. The maximum absolute atomic E-state index is 13.0. The molecule has 1 amide bonds. The number of nitro groups is 1. The highest BCUT2D eigenvalue weighted by atomic mass is 35.5. The van der Waals surface area contributed by atoms with Gasteiger partial charge in [0.2, 0.25) is 5.91 Å². The number of nitrogens with zero attached hydrogens (tertiary/aromatic N) is 3. The lowest BCUT2D eigenvalue weighted by atomic mass is 10.2. The average Bonchev–Trinajstić information content (AvgIpc) is 2.85. The van der Waals surface area contributed by atoms with Crippen molar-refractivity contribution < 1.29 is 27.3 Å². The fraction of sp³-hybridized carbons (Fsp3) is 0.231. The van der Waals surface area contributed by atoms with Crippen LogP contribution in [-0.4, -0.2) is 20.6 Å². The summed E-state index contributed by atoms with van der Waals surface area (Å²) in [5.74, 6) is -1.02. The van der Waals surface area contributed by atoms with Crippen LogP contribution in [0.4, 0.5) is 28.9 Å². The lowest BCUT2D eigenvalue weighted by molar-refractivity contribution is -0.383. The zero-order valence-electron chi connectivity index (χ0n) is 12.4. The molecule has 13 heteroatoms. The minimum atomic E-state index is -3.26. The lowest BCUT2D eigenvalue weighted by Crippen LogP contribution is -2.21. The van der Waals surface area contributed by atoms with E-state index in [0.29, 0.717) is 4.68 Å². The van der Waals surface area contributed by atoms with Crippen LogP contribution in [0.15, 0.2) is 18.2 Å². The second-order valence-corrected chi connectivity index (χ2v) is 5.62. The summed E-state index contributed by atoms with van der Waals surface area (Å²) in [6.07, 6.45) is -6.48. The molecular formula is C13H8Cl2F4N4O3. The SMILES string of the molecule is O=C(Cn1nc(C(F)F)c(Cl)c1C(F)F)Nc1ccc(Cl)cc1[N+](=O)[O-]. The molecule has 1 heterocycles. The van der Waals surface area contributed by atoms with Gasteiger partial charge in [0.05, 0.1) is 9.95 Å². The molecule has 0 fully saturated rings. The first-order chi connectivity index (χ1) is 12.1. The van der Waals surface area contributed by atoms with E-state index in [0.717, 1.165) is 12.1 Å². The Morgan fingerprint density at radius 2 is 1.92 bits per heavy atom. The minimum Gasteiger partial charge on any atom is -0.319 e. The largest absolute Gasteiger partial charge is 0.319 e. The minimum absolute atomic E-state index is 0.0371. The Hall–Kier alpha value is -2.40. The van der Waals surface area contributed by atoms with Gasteiger partial charge >= 0.3 is 0 Å². The quantitative estimate of drug-likeness (QED) is 0.424. The van der Waals surface area contributed by atoms with Gasteiger partial charge in [0.15, 0.2) is 0 Å². The molecular weight excluding hydrogens is 407 g/mol. The van der Waals surface area contributed by atoms with E-state index < -0.39 is 52.3 Å². The zero-order valence-corrected chi connectivity index (χ0v) is 13.9. The van der Waals surface area contributed by atoms with Crippen molar-refractivity contribution in [2.45, 2.75) is 19.4 Å². The molecule has 0 saturated heterocycles. The molecule has 1 N–H and O–H groups in total. The van der Waals surface area contributed by atoms with Crippen molar-refractivity contribution in [2.24, 2.45) is 0 Å². The van der Waals surface area contributed by atoms with Crippen molar-refractivity contribution in [3.8, 4) is 0 Å². The van der Waals surface area contributed by atoms with Crippen molar-refractivity contribution >= 4 is 40.5 Å². The number of amides is 1. The van der Waals surface area contributed by atoms with Crippen LogP contribution in [0.25, 0.3) is 0 Å². The van der Waals surface area contributed by atoms with Crippen molar-refractivity contribution in [1.82, 2.24) is 9.78 Å². The Morgan fingerprint density at radius 3 is 2.46 bits per heavy atom. The third-order valence-electron chi connectivity index (χ3n) is 3.09. The van der Waals surface area contributed by atoms with E-state index in [9.17, 15) is 32.5 Å². The molecule has 0 aliphatic rings. The molecule has 0 spiro atoms. The van der Waals surface area contributed by atoms with E-state index in [2.05, 4.69) is 10.4 Å². The first kappa shape index (κ1) is 19.9. The second-order valence-electron chi connectivity index (χ2n) is 4.81. The molecule has 1 aromatic carbocycles. The predicted molar refractivity (Wildman–Crippen MR) is 83.9 cm³/mol. The van der Waals surface area contributed by atoms with Gasteiger partial charge in [0.1, 0.15) is 23.6 Å². The maximum Gasteiger partial charge on any atom is 0.294 e. The van der Waals surface area contributed by atoms with Crippen LogP contribution >= 0.6 is 23.2 Å². The molecule has 0 saturated carbocycles. The molecule has 0 bridgehead atoms. The predicted octanol–water partition coefficient (Wildman–Crippen LogP) is 4.61. The van der Waals surface area contributed by atoms with Crippen LogP contribution in [0.5, 0.6) is 0 Å². The van der Waals surface area contributed by atoms with Crippen molar-refractivity contribution in [2.75, 3.05) is 5.32 Å². The third-order valence-corrected chi connectivity index (χ3v) is 3.72. The molecule has 26 heavy (non-hydrogen) atoms. The molecule has 0 aliphatic heterocycles. The molecule has 0 aliphatic carbocycles. The second kappa shape index (κ2) is 7.87. The molecule has 7 nitrogen and oxygen atoms in total. The summed E-state index contributed by atoms with van der Waals surface area (Å²) < 4.78 is 51.9. The Bertz CT molecular complexity index is 860. The number of alkyl halides is 4. The highest BCUT2D eigenvalue weighted by Crippen LogP contribution is 2.34. The lowest BCUT2D eigenvalue weighted by Gasteiger charge is -2.09. The van der Waals surface area contributed by atoms with E-state index in [1.807, 2.05) is 0 Å². The number of rotatable bonds is 6. The standard InChI is InChI=1S/C13H8Cl2F4N4O3/c14-5-1-2-6(7(3-5)23(25)26)20-8(24)4-22-11(13(18)19)9(15)10(21-22)12(16)17/h1-3,12-13H,4H2,(H,20,24). The summed E-state index contributed by atoms with van der Waals surface area (Å²) in [6, 6.07) is 3.36.